The molecule has 13 heteroatoms. The first kappa shape index (κ1) is 40.0. The number of para-hydroxylation sites is 1. The molecule has 2 heterocycles. The number of carbonyl (C=O) groups is 5. The summed E-state index contributed by atoms with van der Waals surface area (Å²) >= 11 is 12.8. The van der Waals surface area contributed by atoms with E-state index in [9.17, 15) is 19.5 Å². The van der Waals surface area contributed by atoms with Crippen molar-refractivity contribution in [3.63, 3.8) is 0 Å². The highest BCUT2D eigenvalue weighted by atomic mass is 35.5. The molecule has 1 saturated carbocycles. The summed E-state index contributed by atoms with van der Waals surface area (Å²) in [7, 11) is 1.53. The molecule has 2 N–H and O–H groups in total. The van der Waals surface area contributed by atoms with Crippen LogP contribution in [0.15, 0.2) is 127 Å². The van der Waals surface area contributed by atoms with Crippen molar-refractivity contribution in [3.05, 3.63) is 159 Å². The van der Waals surface area contributed by atoms with Crippen LogP contribution in [-0.2, 0) is 24.6 Å². The van der Waals surface area contributed by atoms with Gasteiger partial charge in [0.2, 0.25) is 11.8 Å². The first-order valence-electron chi connectivity index (χ1n) is 20.0. The minimum atomic E-state index is -1.68. The number of imide groups is 2. The van der Waals surface area contributed by atoms with Crippen LogP contribution in [0, 0.1) is 23.7 Å². The Morgan fingerprint density at radius 2 is 1.56 bits per heavy atom. The highest BCUT2D eigenvalue weighted by Gasteiger charge is 2.70. The minimum absolute atomic E-state index is 0.0237. The largest absolute Gasteiger partial charge is 0.504 e. The molecule has 2 aliphatic carbocycles. The van der Waals surface area contributed by atoms with Crippen LogP contribution in [-0.4, -0.2) is 53.2 Å². The topological polar surface area (TPSA) is 143 Å². The number of benzene rings is 5. The number of amides is 4. The van der Waals surface area contributed by atoms with Gasteiger partial charge in [-0.3, -0.25) is 34.3 Å². The molecule has 6 unspecified atom stereocenters. The van der Waals surface area contributed by atoms with Gasteiger partial charge in [0.15, 0.2) is 17.3 Å². The van der Waals surface area contributed by atoms with Crippen molar-refractivity contribution in [2.75, 3.05) is 24.0 Å². The first-order chi connectivity index (χ1) is 29.5. The van der Waals surface area contributed by atoms with Gasteiger partial charge in [0.25, 0.3) is 11.8 Å². The number of fused-ring (bicyclic) bond motifs is 4. The lowest BCUT2D eigenvalue weighted by Crippen LogP contribution is -2.53. The lowest BCUT2D eigenvalue weighted by Gasteiger charge is -2.50. The van der Waals surface area contributed by atoms with Gasteiger partial charge in [-0.25, -0.2) is 0 Å². The number of ether oxygens (including phenoxy) is 2. The van der Waals surface area contributed by atoms with Gasteiger partial charge in [0, 0.05) is 27.6 Å². The van der Waals surface area contributed by atoms with Gasteiger partial charge < -0.3 is 14.6 Å². The number of nitrogens with one attached hydrogen (secondary N) is 1. The Balaban J connectivity index is 1.18. The Morgan fingerprint density at radius 1 is 0.836 bits per heavy atom. The number of methoxy groups -OCH3 is 1. The standard InChI is InChI=1S/C48H39Cl2N3O8/c1-3-61-39-11-7-10-34(43(39)55)41-32-21-22-33-40(46(58)52(44(33)56)30-17-12-27(13-18-30)42(54)26-8-5-4-6-9-26)35(32)25-36-45(57)53(51-38-23-16-29(49)24-37(38)50)47(59)48(36,41)28-14-19-31(60-2)20-15-28/h4-21,23-24,33,35-36,40-41,51,55H,3,22,25H2,1-2H3. The fraction of sp³-hybridized carbons (Fsp3) is 0.229. The van der Waals surface area contributed by atoms with Gasteiger partial charge in [-0.05, 0) is 91.9 Å². The molecule has 61 heavy (non-hydrogen) atoms. The number of hydrogen-bond donors (Lipinski definition) is 2. The maximum atomic E-state index is 15.6. The SMILES string of the molecule is CCOc1cccc(C2C3=CCC4C(=O)N(c5ccc(C(=O)c6ccccc6)cc5)C(=O)C4C3CC3C(=O)N(Nc4ccc(Cl)cc4Cl)C(=O)C32c2ccc(OC)cc2)c1O. The maximum absolute atomic E-state index is 15.6. The second kappa shape index (κ2) is 15.6. The molecular weight excluding hydrogens is 817 g/mol. The van der Waals surface area contributed by atoms with E-state index in [2.05, 4.69) is 5.43 Å². The summed E-state index contributed by atoms with van der Waals surface area (Å²) in [6.07, 6.45) is 2.10. The van der Waals surface area contributed by atoms with Crippen molar-refractivity contribution >= 4 is 64.0 Å². The maximum Gasteiger partial charge on any atom is 0.260 e. The van der Waals surface area contributed by atoms with Gasteiger partial charge in [-0.15, -0.1) is 0 Å². The summed E-state index contributed by atoms with van der Waals surface area (Å²) in [5.41, 5.74) is 4.24. The number of rotatable bonds is 10. The predicted octanol–water partition coefficient (Wildman–Crippen LogP) is 8.53. The van der Waals surface area contributed by atoms with E-state index >= 15 is 9.59 Å². The van der Waals surface area contributed by atoms with Crippen LogP contribution in [0.2, 0.25) is 10.0 Å². The number of carbonyl (C=O) groups excluding carboxylic acids is 5. The molecule has 0 bridgehead atoms. The molecule has 4 amide bonds. The van der Waals surface area contributed by atoms with Crippen molar-refractivity contribution in [2.24, 2.45) is 23.7 Å². The zero-order valence-corrected chi connectivity index (χ0v) is 34.5. The molecule has 6 atom stereocenters. The zero-order chi connectivity index (χ0) is 42.7. The van der Waals surface area contributed by atoms with Gasteiger partial charge in [0.05, 0.1) is 53.3 Å². The number of ketones is 1. The molecule has 2 aliphatic heterocycles. The van der Waals surface area contributed by atoms with Crippen molar-refractivity contribution < 1.29 is 38.6 Å². The van der Waals surface area contributed by atoms with Gasteiger partial charge in [-0.2, -0.15) is 5.01 Å². The predicted molar refractivity (Wildman–Crippen MR) is 229 cm³/mol. The van der Waals surface area contributed by atoms with E-state index < -0.39 is 58.6 Å². The molecule has 4 aliphatic rings. The minimum Gasteiger partial charge on any atom is -0.504 e. The summed E-state index contributed by atoms with van der Waals surface area (Å²) in [4.78, 5) is 74.3. The summed E-state index contributed by atoms with van der Waals surface area (Å²) in [5.74, 6) is -6.22. The summed E-state index contributed by atoms with van der Waals surface area (Å²) in [5, 5.41) is 13.6. The molecule has 0 spiro atoms. The van der Waals surface area contributed by atoms with Crippen LogP contribution >= 0.6 is 23.2 Å². The highest BCUT2D eigenvalue weighted by molar-refractivity contribution is 6.36. The van der Waals surface area contributed by atoms with E-state index in [0.717, 1.165) is 5.01 Å². The Kier molecular flexibility index (Phi) is 10.2. The van der Waals surface area contributed by atoms with Crippen molar-refractivity contribution in [2.45, 2.75) is 31.1 Å². The van der Waals surface area contributed by atoms with Crippen LogP contribution in [0.5, 0.6) is 17.2 Å². The van der Waals surface area contributed by atoms with Crippen LogP contribution in [0.25, 0.3) is 0 Å². The first-order valence-corrected chi connectivity index (χ1v) is 20.7. The number of phenolic OH excluding ortho intramolecular Hbond substituents is 1. The van der Waals surface area contributed by atoms with E-state index in [0.29, 0.717) is 44.3 Å². The molecule has 0 radical (unpaired) electrons. The molecule has 5 aromatic rings. The van der Waals surface area contributed by atoms with Gasteiger partial charge in [-0.1, -0.05) is 89.4 Å². The molecule has 308 valence electrons. The number of nitrogens with zero attached hydrogens (tertiary/aromatic N) is 2. The average molecular weight is 857 g/mol. The number of hydrazine groups is 1. The highest BCUT2D eigenvalue weighted by Crippen LogP contribution is 2.65. The van der Waals surface area contributed by atoms with Gasteiger partial charge in [0.1, 0.15) is 5.75 Å². The van der Waals surface area contributed by atoms with Crippen LogP contribution in [0.4, 0.5) is 11.4 Å². The Bertz CT molecular complexity index is 2650. The fourth-order valence-electron chi connectivity index (χ4n) is 10.0. The Labute approximate surface area is 361 Å². The van der Waals surface area contributed by atoms with Gasteiger partial charge >= 0.3 is 0 Å². The second-order valence-corrected chi connectivity index (χ2v) is 16.4. The van der Waals surface area contributed by atoms with Crippen molar-refractivity contribution in [1.82, 2.24) is 5.01 Å². The van der Waals surface area contributed by atoms with E-state index in [-0.39, 0.29) is 47.4 Å². The number of anilines is 2. The molecule has 3 fully saturated rings. The van der Waals surface area contributed by atoms with Crippen LogP contribution in [0.1, 0.15) is 52.7 Å². The molecular formula is C48H39Cl2N3O8. The smallest absolute Gasteiger partial charge is 0.260 e. The lowest BCUT2D eigenvalue weighted by molar-refractivity contribution is -0.138. The number of allylic oxidation sites excluding steroid dienone is 2. The quantitative estimate of drug-likeness (QED) is 0.0803. The monoisotopic (exact) mass is 855 g/mol. The number of phenols is 1. The normalized spacial score (nSPS) is 24.2. The third-order valence-electron chi connectivity index (χ3n) is 12.6. The molecule has 11 nitrogen and oxygen atoms in total. The van der Waals surface area contributed by atoms with E-state index in [1.807, 2.05) is 12.1 Å². The number of hydrogen-bond acceptors (Lipinski definition) is 9. The zero-order valence-electron chi connectivity index (χ0n) is 33.0. The number of aromatic hydroxyl groups is 1. The summed E-state index contributed by atoms with van der Waals surface area (Å²) < 4.78 is 11.3. The molecule has 5 aromatic carbocycles. The summed E-state index contributed by atoms with van der Waals surface area (Å²) in [6.45, 7) is 2.03. The summed E-state index contributed by atoms with van der Waals surface area (Å²) in [6, 6.07) is 31.8. The Morgan fingerprint density at radius 3 is 2.25 bits per heavy atom. The fourth-order valence-corrected chi connectivity index (χ4v) is 10.5. The van der Waals surface area contributed by atoms with Crippen LogP contribution < -0.4 is 19.8 Å². The third-order valence-corrected chi connectivity index (χ3v) is 13.2. The Hall–Kier alpha value is -6.43. The molecule has 9 rings (SSSR count). The lowest BCUT2D eigenvalue weighted by atomic mass is 9.49. The third kappa shape index (κ3) is 6.28. The number of halogens is 2. The second-order valence-electron chi connectivity index (χ2n) is 15.6. The van der Waals surface area contributed by atoms with Crippen LogP contribution in [0.3, 0.4) is 0 Å². The van der Waals surface area contributed by atoms with Crippen molar-refractivity contribution in [3.8, 4) is 17.2 Å². The van der Waals surface area contributed by atoms with Crippen molar-refractivity contribution in [1.29, 1.82) is 0 Å². The molecule has 2 saturated heterocycles. The molecule has 0 aromatic heterocycles. The van der Waals surface area contributed by atoms with E-state index in [1.54, 1.807) is 110 Å². The van der Waals surface area contributed by atoms with E-state index in [4.69, 9.17) is 32.7 Å². The van der Waals surface area contributed by atoms with E-state index in [1.165, 1.54) is 18.1 Å². The average Bonchev–Trinajstić information content (AvgIpc) is 3.66.